The molecule has 0 atom stereocenters. The third kappa shape index (κ3) is 2.09. The molecule has 1 rings (SSSR count). The normalized spacial score (nSPS) is 10.9. The third-order valence-corrected chi connectivity index (χ3v) is 2.91. The quantitative estimate of drug-likeness (QED) is 0.743. The molecule has 0 N–H and O–H groups in total. The van der Waals surface area contributed by atoms with Crippen LogP contribution in [0.15, 0.2) is 23.1 Å². The van der Waals surface area contributed by atoms with E-state index in [1.807, 2.05) is 0 Å². The first-order valence-electron chi connectivity index (χ1n) is 3.81. The fourth-order valence-electron chi connectivity index (χ4n) is 1.14. The van der Waals surface area contributed by atoms with E-state index in [4.69, 9.17) is 5.26 Å². The number of hydrogen-bond acceptors (Lipinski definition) is 3. The fourth-order valence-corrected chi connectivity index (χ4v) is 2.08. The molecule has 0 aliphatic carbocycles. The molecular weight excluding hydrogens is 205 g/mol. The number of rotatable bonds is 2. The second-order valence-corrected chi connectivity index (χ2v) is 4.81. The minimum absolute atomic E-state index is 0.0579. The molecule has 0 saturated heterocycles. The molecule has 14 heavy (non-hydrogen) atoms. The zero-order chi connectivity index (χ0) is 10.8. The predicted octanol–water partition coefficient (Wildman–Crippen LogP) is 1.30. The number of nitrogens with zero attached hydrogens (tertiary/aromatic N) is 1. The van der Waals surface area contributed by atoms with Crippen LogP contribution in [-0.2, 0) is 16.3 Å². The van der Waals surface area contributed by atoms with E-state index in [-0.39, 0.29) is 16.9 Å². The number of hydrogen-bond donors (Lipinski definition) is 0. The van der Waals surface area contributed by atoms with Gasteiger partial charge in [0, 0.05) is 11.8 Å². The molecule has 0 aromatic heterocycles. The number of benzene rings is 1. The Bertz CT molecular complexity index is 488. The van der Waals surface area contributed by atoms with Crippen LogP contribution in [0.2, 0.25) is 0 Å². The van der Waals surface area contributed by atoms with Crippen LogP contribution in [0.25, 0.3) is 0 Å². The van der Waals surface area contributed by atoms with Crippen molar-refractivity contribution in [3.05, 3.63) is 29.6 Å². The first-order valence-corrected chi connectivity index (χ1v) is 5.70. The van der Waals surface area contributed by atoms with Crippen molar-refractivity contribution in [3.8, 4) is 6.07 Å². The molecule has 74 valence electrons. The van der Waals surface area contributed by atoms with E-state index >= 15 is 0 Å². The molecule has 1 aromatic rings. The van der Waals surface area contributed by atoms with E-state index in [0.717, 1.165) is 12.3 Å². The van der Waals surface area contributed by atoms with Crippen molar-refractivity contribution in [2.24, 2.45) is 0 Å². The predicted molar refractivity (Wildman–Crippen MR) is 48.8 cm³/mol. The van der Waals surface area contributed by atoms with Crippen LogP contribution in [0.3, 0.4) is 0 Å². The van der Waals surface area contributed by atoms with E-state index in [2.05, 4.69) is 0 Å². The molecule has 0 amide bonds. The molecule has 0 fully saturated rings. The van der Waals surface area contributed by atoms with Gasteiger partial charge in [-0.1, -0.05) is 6.07 Å². The van der Waals surface area contributed by atoms with Gasteiger partial charge >= 0.3 is 0 Å². The second kappa shape index (κ2) is 3.76. The highest BCUT2D eigenvalue weighted by Gasteiger charge is 2.15. The Kier molecular flexibility index (Phi) is 2.87. The molecule has 3 nitrogen and oxygen atoms in total. The fraction of sp³-hybridized carbons (Fsp3) is 0.222. The summed E-state index contributed by atoms with van der Waals surface area (Å²) < 4.78 is 35.6. The molecule has 0 aliphatic rings. The molecular formula is C9H8FNO2S. The summed E-state index contributed by atoms with van der Waals surface area (Å²) in [5, 5.41) is 8.42. The van der Waals surface area contributed by atoms with Crippen LogP contribution in [0.4, 0.5) is 4.39 Å². The minimum Gasteiger partial charge on any atom is -0.224 e. The molecule has 0 spiro atoms. The largest absolute Gasteiger partial charge is 0.224 e. The lowest BCUT2D eigenvalue weighted by Crippen LogP contribution is -2.04. The highest BCUT2D eigenvalue weighted by molar-refractivity contribution is 7.90. The highest BCUT2D eigenvalue weighted by Crippen LogP contribution is 2.18. The van der Waals surface area contributed by atoms with Gasteiger partial charge in [0.1, 0.15) is 5.82 Å². The van der Waals surface area contributed by atoms with Crippen molar-refractivity contribution in [3.63, 3.8) is 0 Å². The van der Waals surface area contributed by atoms with Crippen LogP contribution >= 0.6 is 0 Å². The SMILES string of the molecule is CS(=O)(=O)c1cccc(F)c1CC#N. The Hall–Kier alpha value is -1.41. The maximum Gasteiger partial charge on any atom is 0.175 e. The lowest BCUT2D eigenvalue weighted by molar-refractivity contribution is 0.589. The van der Waals surface area contributed by atoms with Gasteiger partial charge in [0.05, 0.1) is 17.4 Å². The van der Waals surface area contributed by atoms with Crippen LogP contribution < -0.4 is 0 Å². The van der Waals surface area contributed by atoms with Gasteiger partial charge in [0.15, 0.2) is 9.84 Å². The van der Waals surface area contributed by atoms with Crippen molar-refractivity contribution >= 4 is 9.84 Å². The van der Waals surface area contributed by atoms with Gasteiger partial charge in [-0.25, -0.2) is 12.8 Å². The molecule has 0 unspecified atom stereocenters. The summed E-state index contributed by atoms with van der Waals surface area (Å²) in [5.41, 5.74) is -0.0579. The Labute approximate surface area is 81.7 Å². The van der Waals surface area contributed by atoms with E-state index in [1.165, 1.54) is 12.1 Å². The average molecular weight is 213 g/mol. The zero-order valence-electron chi connectivity index (χ0n) is 7.49. The Morgan fingerprint density at radius 1 is 1.50 bits per heavy atom. The van der Waals surface area contributed by atoms with Crippen molar-refractivity contribution in [1.29, 1.82) is 5.26 Å². The van der Waals surface area contributed by atoms with Crippen molar-refractivity contribution < 1.29 is 12.8 Å². The number of sulfone groups is 1. The van der Waals surface area contributed by atoms with Gasteiger partial charge in [-0.15, -0.1) is 0 Å². The maximum atomic E-state index is 13.2. The Morgan fingerprint density at radius 3 is 2.64 bits per heavy atom. The lowest BCUT2D eigenvalue weighted by Gasteiger charge is -2.04. The van der Waals surface area contributed by atoms with Gasteiger partial charge in [0.25, 0.3) is 0 Å². The minimum atomic E-state index is -3.47. The van der Waals surface area contributed by atoms with E-state index < -0.39 is 15.7 Å². The third-order valence-electron chi connectivity index (χ3n) is 1.73. The van der Waals surface area contributed by atoms with E-state index in [9.17, 15) is 12.8 Å². The monoisotopic (exact) mass is 213 g/mol. The Balaban J connectivity index is 3.45. The number of nitriles is 1. The molecule has 0 bridgehead atoms. The first-order chi connectivity index (χ1) is 6.46. The molecule has 0 saturated carbocycles. The molecule has 0 heterocycles. The van der Waals surface area contributed by atoms with Crippen LogP contribution in [0, 0.1) is 17.1 Å². The summed E-state index contributed by atoms with van der Waals surface area (Å²) in [7, 11) is -3.47. The van der Waals surface area contributed by atoms with Crippen molar-refractivity contribution in [1.82, 2.24) is 0 Å². The van der Waals surface area contributed by atoms with Crippen LogP contribution in [0.1, 0.15) is 5.56 Å². The molecule has 0 radical (unpaired) electrons. The summed E-state index contributed by atoms with van der Waals surface area (Å²) in [5.74, 6) is -0.658. The maximum absolute atomic E-state index is 13.2. The van der Waals surface area contributed by atoms with Gasteiger partial charge in [-0.3, -0.25) is 0 Å². The van der Waals surface area contributed by atoms with Gasteiger partial charge in [0.2, 0.25) is 0 Å². The van der Waals surface area contributed by atoms with E-state index in [0.29, 0.717) is 0 Å². The summed E-state index contributed by atoms with van der Waals surface area (Å²) >= 11 is 0. The molecule has 0 aliphatic heterocycles. The Morgan fingerprint density at radius 2 is 2.14 bits per heavy atom. The van der Waals surface area contributed by atoms with Crippen LogP contribution in [-0.4, -0.2) is 14.7 Å². The molecule has 5 heteroatoms. The van der Waals surface area contributed by atoms with Crippen molar-refractivity contribution in [2.45, 2.75) is 11.3 Å². The van der Waals surface area contributed by atoms with Gasteiger partial charge in [-0.05, 0) is 12.1 Å². The highest BCUT2D eigenvalue weighted by atomic mass is 32.2. The first kappa shape index (κ1) is 10.7. The summed E-state index contributed by atoms with van der Waals surface area (Å²) in [6, 6.07) is 5.48. The molecule has 1 aromatic carbocycles. The summed E-state index contributed by atoms with van der Waals surface area (Å²) in [6.45, 7) is 0. The second-order valence-electron chi connectivity index (χ2n) is 2.82. The van der Waals surface area contributed by atoms with Crippen molar-refractivity contribution in [2.75, 3.05) is 6.26 Å². The lowest BCUT2D eigenvalue weighted by atomic mass is 10.1. The van der Waals surface area contributed by atoms with Crippen LogP contribution in [0.5, 0.6) is 0 Å². The standard InChI is InChI=1S/C9H8FNO2S/c1-14(12,13)9-4-2-3-8(10)7(9)5-6-11/h2-4H,5H2,1H3. The van der Waals surface area contributed by atoms with Gasteiger partial charge in [-0.2, -0.15) is 5.26 Å². The number of halogens is 1. The average Bonchev–Trinajstić information content (AvgIpc) is 2.07. The smallest absolute Gasteiger partial charge is 0.175 e. The summed E-state index contributed by atoms with van der Waals surface area (Å²) in [6.07, 6.45) is 0.748. The van der Waals surface area contributed by atoms with E-state index in [1.54, 1.807) is 6.07 Å². The van der Waals surface area contributed by atoms with Gasteiger partial charge < -0.3 is 0 Å². The topological polar surface area (TPSA) is 57.9 Å². The zero-order valence-corrected chi connectivity index (χ0v) is 8.31. The summed E-state index contributed by atoms with van der Waals surface area (Å²) in [4.78, 5) is -0.112.